The summed E-state index contributed by atoms with van der Waals surface area (Å²) in [7, 11) is 1.82. The average molecular weight is 233 g/mol. The van der Waals surface area contributed by atoms with Crippen LogP contribution in [-0.2, 0) is 17.7 Å². The first-order valence-electron chi connectivity index (χ1n) is 6.68. The summed E-state index contributed by atoms with van der Waals surface area (Å²) in [5.41, 5.74) is 2.88. The first kappa shape index (κ1) is 12.6. The second-order valence-electron chi connectivity index (χ2n) is 4.81. The minimum Gasteiger partial charge on any atom is -0.380 e. The molecule has 2 atom stereocenters. The van der Waals surface area contributed by atoms with Crippen molar-refractivity contribution in [3.05, 3.63) is 35.4 Å². The number of methoxy groups -OCH3 is 1. The minimum atomic E-state index is 0.406. The highest BCUT2D eigenvalue weighted by Crippen LogP contribution is 2.22. The van der Waals surface area contributed by atoms with Crippen molar-refractivity contribution >= 4 is 0 Å². The molecule has 1 fully saturated rings. The van der Waals surface area contributed by atoms with Crippen molar-refractivity contribution in [3.63, 3.8) is 0 Å². The van der Waals surface area contributed by atoms with Crippen LogP contribution < -0.4 is 5.32 Å². The number of hydrogen-bond donors (Lipinski definition) is 1. The molecule has 1 aliphatic carbocycles. The van der Waals surface area contributed by atoms with Crippen LogP contribution in [0, 0.1) is 0 Å². The summed E-state index contributed by atoms with van der Waals surface area (Å²) < 4.78 is 5.51. The fraction of sp³-hybridized carbons (Fsp3) is 0.600. The van der Waals surface area contributed by atoms with Gasteiger partial charge in [0.05, 0.1) is 6.10 Å². The zero-order valence-corrected chi connectivity index (χ0v) is 10.9. The highest BCUT2D eigenvalue weighted by atomic mass is 16.5. The van der Waals surface area contributed by atoms with Gasteiger partial charge in [0.2, 0.25) is 0 Å². The molecule has 2 unspecified atom stereocenters. The summed E-state index contributed by atoms with van der Waals surface area (Å²) in [6.07, 6.45) is 5.24. The molecule has 0 spiro atoms. The number of benzene rings is 1. The molecule has 0 bridgehead atoms. The van der Waals surface area contributed by atoms with Crippen LogP contribution in [-0.4, -0.2) is 19.3 Å². The van der Waals surface area contributed by atoms with E-state index in [9.17, 15) is 0 Å². The van der Waals surface area contributed by atoms with Gasteiger partial charge in [0.1, 0.15) is 0 Å². The van der Waals surface area contributed by atoms with Crippen molar-refractivity contribution in [3.8, 4) is 0 Å². The van der Waals surface area contributed by atoms with Crippen LogP contribution in [0.3, 0.4) is 0 Å². The molecule has 0 heterocycles. The number of hydrogen-bond acceptors (Lipinski definition) is 2. The molecule has 0 amide bonds. The lowest BCUT2D eigenvalue weighted by molar-refractivity contribution is 0.0847. The molecule has 1 aromatic carbocycles. The topological polar surface area (TPSA) is 21.3 Å². The summed E-state index contributed by atoms with van der Waals surface area (Å²) in [6, 6.07) is 9.22. The maximum atomic E-state index is 5.51. The molecule has 1 N–H and O–H groups in total. The lowest BCUT2D eigenvalue weighted by atomic mass is 10.0. The molecule has 94 valence electrons. The van der Waals surface area contributed by atoms with Crippen LogP contribution >= 0.6 is 0 Å². The third-order valence-corrected chi connectivity index (χ3v) is 3.81. The molecular formula is C15H23NO. The molecule has 0 saturated heterocycles. The van der Waals surface area contributed by atoms with Crippen LogP contribution in [0.15, 0.2) is 24.3 Å². The molecule has 0 aliphatic heterocycles. The Morgan fingerprint density at radius 2 is 2.00 bits per heavy atom. The number of nitrogens with one attached hydrogen (secondary N) is 1. The van der Waals surface area contributed by atoms with Crippen molar-refractivity contribution < 1.29 is 4.74 Å². The van der Waals surface area contributed by atoms with Crippen molar-refractivity contribution in [2.75, 3.05) is 7.11 Å². The summed E-state index contributed by atoms with van der Waals surface area (Å²) >= 11 is 0. The predicted octanol–water partition coefficient (Wildman–Crippen LogP) is 2.91. The molecule has 2 heteroatoms. The van der Waals surface area contributed by atoms with Gasteiger partial charge in [0.25, 0.3) is 0 Å². The van der Waals surface area contributed by atoms with Gasteiger partial charge >= 0.3 is 0 Å². The van der Waals surface area contributed by atoms with Gasteiger partial charge < -0.3 is 10.1 Å². The van der Waals surface area contributed by atoms with Crippen LogP contribution in [0.25, 0.3) is 0 Å². The maximum absolute atomic E-state index is 5.51. The average Bonchev–Trinajstić information content (AvgIpc) is 2.84. The Hall–Kier alpha value is -0.860. The largest absolute Gasteiger partial charge is 0.380 e. The second kappa shape index (κ2) is 6.18. The van der Waals surface area contributed by atoms with Crippen molar-refractivity contribution in [1.29, 1.82) is 0 Å². The summed E-state index contributed by atoms with van der Waals surface area (Å²) in [4.78, 5) is 0. The van der Waals surface area contributed by atoms with Gasteiger partial charge in [-0.2, -0.15) is 0 Å². The van der Waals surface area contributed by atoms with Gasteiger partial charge in [0, 0.05) is 19.7 Å². The second-order valence-corrected chi connectivity index (χ2v) is 4.81. The van der Waals surface area contributed by atoms with Gasteiger partial charge in [0.15, 0.2) is 0 Å². The third kappa shape index (κ3) is 3.08. The zero-order valence-electron chi connectivity index (χ0n) is 10.9. The van der Waals surface area contributed by atoms with Crippen LogP contribution in [0.4, 0.5) is 0 Å². The molecule has 1 aromatic rings. The Labute approximate surface area is 104 Å². The number of rotatable bonds is 5. The molecule has 2 rings (SSSR count). The fourth-order valence-corrected chi connectivity index (χ4v) is 2.76. The van der Waals surface area contributed by atoms with Gasteiger partial charge in [-0.05, 0) is 36.8 Å². The van der Waals surface area contributed by atoms with Gasteiger partial charge in [-0.15, -0.1) is 0 Å². The monoisotopic (exact) mass is 233 g/mol. The van der Waals surface area contributed by atoms with E-state index in [4.69, 9.17) is 4.74 Å². The summed E-state index contributed by atoms with van der Waals surface area (Å²) in [5, 5.41) is 3.65. The Bertz CT molecular complexity index is 351. The van der Waals surface area contributed by atoms with E-state index >= 15 is 0 Å². The van der Waals surface area contributed by atoms with E-state index in [0.29, 0.717) is 12.1 Å². The smallest absolute Gasteiger partial charge is 0.0724 e. The van der Waals surface area contributed by atoms with Crippen molar-refractivity contribution in [2.45, 2.75) is 51.3 Å². The maximum Gasteiger partial charge on any atom is 0.0724 e. The van der Waals surface area contributed by atoms with Crippen LogP contribution in [0.5, 0.6) is 0 Å². The SMILES string of the molecule is CCc1ccccc1CNC1CCCC1OC. The molecule has 0 radical (unpaired) electrons. The van der Waals surface area contributed by atoms with Crippen LogP contribution in [0.1, 0.15) is 37.3 Å². The first-order valence-corrected chi connectivity index (χ1v) is 6.68. The molecule has 1 saturated carbocycles. The molecular weight excluding hydrogens is 210 g/mol. The number of ether oxygens (including phenoxy) is 1. The summed E-state index contributed by atoms with van der Waals surface area (Å²) in [6.45, 7) is 3.18. The lowest BCUT2D eigenvalue weighted by Gasteiger charge is -2.20. The van der Waals surface area contributed by atoms with Gasteiger partial charge in [-0.1, -0.05) is 31.2 Å². The van der Waals surface area contributed by atoms with E-state index in [0.717, 1.165) is 13.0 Å². The Balaban J connectivity index is 1.93. The van der Waals surface area contributed by atoms with E-state index < -0.39 is 0 Å². The molecule has 2 nitrogen and oxygen atoms in total. The standard InChI is InChI=1S/C15H23NO/c1-3-12-7-4-5-8-13(12)11-16-14-9-6-10-15(14)17-2/h4-5,7-8,14-16H,3,6,9-11H2,1-2H3. The summed E-state index contributed by atoms with van der Waals surface area (Å²) in [5.74, 6) is 0. The molecule has 1 aliphatic rings. The minimum absolute atomic E-state index is 0.406. The van der Waals surface area contributed by atoms with Crippen molar-refractivity contribution in [1.82, 2.24) is 5.32 Å². The van der Waals surface area contributed by atoms with E-state index in [1.165, 1.54) is 30.4 Å². The highest BCUT2D eigenvalue weighted by molar-refractivity contribution is 5.26. The van der Waals surface area contributed by atoms with Gasteiger partial charge in [-0.25, -0.2) is 0 Å². The Kier molecular flexibility index (Phi) is 4.57. The van der Waals surface area contributed by atoms with E-state index in [2.05, 4.69) is 36.5 Å². The quantitative estimate of drug-likeness (QED) is 0.844. The number of aryl methyl sites for hydroxylation is 1. The first-order chi connectivity index (χ1) is 8.35. The highest BCUT2D eigenvalue weighted by Gasteiger charge is 2.26. The van der Waals surface area contributed by atoms with E-state index in [1.807, 2.05) is 7.11 Å². The Morgan fingerprint density at radius 1 is 1.24 bits per heavy atom. The van der Waals surface area contributed by atoms with E-state index in [1.54, 1.807) is 0 Å². The fourth-order valence-electron chi connectivity index (χ4n) is 2.76. The lowest BCUT2D eigenvalue weighted by Crippen LogP contribution is -2.36. The third-order valence-electron chi connectivity index (χ3n) is 3.81. The normalized spacial score (nSPS) is 24.1. The zero-order chi connectivity index (χ0) is 12.1. The van der Waals surface area contributed by atoms with E-state index in [-0.39, 0.29) is 0 Å². The van der Waals surface area contributed by atoms with Gasteiger partial charge in [-0.3, -0.25) is 0 Å². The predicted molar refractivity (Wildman–Crippen MR) is 71.1 cm³/mol. The van der Waals surface area contributed by atoms with Crippen molar-refractivity contribution in [2.24, 2.45) is 0 Å². The molecule has 17 heavy (non-hydrogen) atoms. The van der Waals surface area contributed by atoms with Crippen LogP contribution in [0.2, 0.25) is 0 Å². The molecule has 0 aromatic heterocycles. The Morgan fingerprint density at radius 3 is 2.71 bits per heavy atom.